The molecule has 0 bridgehead atoms. The van der Waals surface area contributed by atoms with Crippen LogP contribution in [0.5, 0.6) is 0 Å². The average Bonchev–Trinajstić information content (AvgIpc) is 2.86. The van der Waals surface area contributed by atoms with E-state index in [2.05, 4.69) is 5.10 Å². The maximum atomic E-state index is 13.0. The molecule has 1 saturated heterocycles. The van der Waals surface area contributed by atoms with Crippen LogP contribution < -0.4 is 0 Å². The molecule has 0 aliphatic carbocycles. The number of nitrogens with zero attached hydrogens (tertiary/aromatic N) is 3. The minimum absolute atomic E-state index is 0.0370. The maximum absolute atomic E-state index is 13.0. The van der Waals surface area contributed by atoms with E-state index in [0.29, 0.717) is 12.1 Å². The van der Waals surface area contributed by atoms with E-state index in [1.54, 1.807) is 16.8 Å². The van der Waals surface area contributed by atoms with E-state index in [1.165, 1.54) is 0 Å². The number of aromatic carboxylic acids is 1. The van der Waals surface area contributed by atoms with Gasteiger partial charge in [0.2, 0.25) is 0 Å². The van der Waals surface area contributed by atoms with Crippen LogP contribution >= 0.6 is 0 Å². The van der Waals surface area contributed by atoms with Gasteiger partial charge in [-0.1, -0.05) is 12.1 Å². The number of piperidine rings is 1. The summed E-state index contributed by atoms with van der Waals surface area (Å²) in [5.41, 5.74) is 3.72. The van der Waals surface area contributed by atoms with Crippen molar-refractivity contribution >= 4 is 11.9 Å². The van der Waals surface area contributed by atoms with Crippen molar-refractivity contribution in [1.29, 1.82) is 0 Å². The first-order valence-electron chi connectivity index (χ1n) is 8.51. The van der Waals surface area contributed by atoms with E-state index >= 15 is 0 Å². The number of benzene rings is 1. The Bertz CT molecular complexity index is 808. The Morgan fingerprint density at radius 2 is 1.88 bits per heavy atom. The lowest BCUT2D eigenvalue weighted by Gasteiger charge is -2.33. The first-order chi connectivity index (χ1) is 11.9. The molecule has 3 rings (SSSR count). The Morgan fingerprint density at radius 3 is 2.44 bits per heavy atom. The molecule has 1 atom stereocenters. The number of aromatic nitrogens is 2. The summed E-state index contributed by atoms with van der Waals surface area (Å²) >= 11 is 0. The van der Waals surface area contributed by atoms with Crippen LogP contribution in [0, 0.1) is 13.8 Å². The number of carbonyl (C=O) groups is 2. The van der Waals surface area contributed by atoms with Gasteiger partial charge in [-0.15, -0.1) is 0 Å². The number of likely N-dealkylation sites (tertiary alicyclic amines) is 1. The Balaban J connectivity index is 1.78. The summed E-state index contributed by atoms with van der Waals surface area (Å²) in [7, 11) is 1.85. The molecule has 1 unspecified atom stereocenters. The molecule has 1 aromatic heterocycles. The van der Waals surface area contributed by atoms with Crippen molar-refractivity contribution in [1.82, 2.24) is 14.7 Å². The molecule has 0 saturated carbocycles. The predicted octanol–water partition coefficient (Wildman–Crippen LogP) is 2.75. The average molecular weight is 341 g/mol. The fourth-order valence-corrected chi connectivity index (χ4v) is 3.57. The van der Waals surface area contributed by atoms with Crippen molar-refractivity contribution in [3.8, 4) is 0 Å². The molecule has 0 spiro atoms. The quantitative estimate of drug-likeness (QED) is 0.931. The predicted molar refractivity (Wildman–Crippen MR) is 94.0 cm³/mol. The summed E-state index contributed by atoms with van der Waals surface area (Å²) < 4.78 is 1.74. The topological polar surface area (TPSA) is 75.4 Å². The van der Waals surface area contributed by atoms with Gasteiger partial charge in [-0.2, -0.15) is 5.10 Å². The van der Waals surface area contributed by atoms with Gasteiger partial charge >= 0.3 is 5.97 Å². The minimum Gasteiger partial charge on any atom is -0.478 e. The van der Waals surface area contributed by atoms with E-state index in [9.17, 15) is 9.59 Å². The molecular weight excluding hydrogens is 318 g/mol. The van der Waals surface area contributed by atoms with Crippen molar-refractivity contribution in [3.63, 3.8) is 0 Å². The molecule has 1 N–H and O–H groups in total. The molecule has 25 heavy (non-hydrogen) atoms. The van der Waals surface area contributed by atoms with Crippen LogP contribution in [0.15, 0.2) is 24.3 Å². The number of carbonyl (C=O) groups excluding carboxylic acids is 1. The minimum atomic E-state index is -0.922. The third kappa shape index (κ3) is 3.29. The van der Waals surface area contributed by atoms with Gasteiger partial charge in [0, 0.05) is 31.7 Å². The standard InChI is InChI=1S/C19H23N3O3/c1-12-17(13(2)21(3)20-12)18(23)22-10-4-5-16(11-22)14-6-8-15(9-7-14)19(24)25/h6-9,16H,4-5,10-11H2,1-3H3,(H,24,25). The molecule has 1 aliphatic heterocycles. The fourth-order valence-electron chi connectivity index (χ4n) is 3.57. The highest BCUT2D eigenvalue weighted by molar-refractivity contribution is 5.96. The molecule has 1 aromatic carbocycles. The first kappa shape index (κ1) is 17.2. The van der Waals surface area contributed by atoms with Crippen LogP contribution in [0.3, 0.4) is 0 Å². The number of carboxylic acid groups (broad SMARTS) is 1. The Hall–Kier alpha value is -2.63. The SMILES string of the molecule is Cc1nn(C)c(C)c1C(=O)N1CCCC(c2ccc(C(=O)O)cc2)C1. The number of hydrogen-bond donors (Lipinski definition) is 1. The van der Waals surface area contributed by atoms with E-state index < -0.39 is 5.97 Å². The number of aryl methyl sites for hydroxylation is 2. The highest BCUT2D eigenvalue weighted by atomic mass is 16.4. The summed E-state index contributed by atoms with van der Waals surface area (Å²) in [6.45, 7) is 5.18. The van der Waals surface area contributed by atoms with E-state index in [-0.39, 0.29) is 17.4 Å². The summed E-state index contributed by atoms with van der Waals surface area (Å²) in [6.07, 6.45) is 1.94. The Labute approximate surface area is 147 Å². The van der Waals surface area contributed by atoms with Crippen LogP contribution in [0.2, 0.25) is 0 Å². The highest BCUT2D eigenvalue weighted by Crippen LogP contribution is 2.28. The van der Waals surface area contributed by atoms with Gasteiger partial charge in [-0.25, -0.2) is 4.79 Å². The summed E-state index contributed by atoms with van der Waals surface area (Å²) in [5, 5.41) is 13.4. The zero-order valence-corrected chi connectivity index (χ0v) is 14.8. The number of amides is 1. The molecule has 2 heterocycles. The molecule has 1 amide bonds. The third-order valence-electron chi connectivity index (χ3n) is 5.06. The molecule has 6 heteroatoms. The summed E-state index contributed by atoms with van der Waals surface area (Å²) in [5.74, 6) is -0.651. The van der Waals surface area contributed by atoms with Gasteiger partial charge in [0.25, 0.3) is 5.91 Å². The third-order valence-corrected chi connectivity index (χ3v) is 5.06. The van der Waals surface area contributed by atoms with Crippen LogP contribution in [0.4, 0.5) is 0 Å². The van der Waals surface area contributed by atoms with Crippen LogP contribution in [-0.2, 0) is 7.05 Å². The van der Waals surface area contributed by atoms with Gasteiger partial charge in [0.05, 0.1) is 16.8 Å². The molecule has 1 aliphatic rings. The van der Waals surface area contributed by atoms with Gasteiger partial charge in [-0.05, 0) is 44.4 Å². The van der Waals surface area contributed by atoms with Crippen LogP contribution in [0.1, 0.15) is 56.4 Å². The second kappa shape index (κ2) is 6.70. The maximum Gasteiger partial charge on any atom is 0.335 e. The molecule has 132 valence electrons. The molecule has 6 nitrogen and oxygen atoms in total. The lowest BCUT2D eigenvalue weighted by molar-refractivity contribution is 0.0693. The lowest BCUT2D eigenvalue weighted by Crippen LogP contribution is -2.39. The Kier molecular flexibility index (Phi) is 4.61. The number of carboxylic acids is 1. The van der Waals surface area contributed by atoms with Crippen molar-refractivity contribution in [3.05, 3.63) is 52.3 Å². The smallest absolute Gasteiger partial charge is 0.335 e. The fraction of sp³-hybridized carbons (Fsp3) is 0.421. The zero-order valence-electron chi connectivity index (χ0n) is 14.8. The zero-order chi connectivity index (χ0) is 18.1. The van der Waals surface area contributed by atoms with E-state index in [1.807, 2.05) is 37.9 Å². The monoisotopic (exact) mass is 341 g/mol. The molecule has 1 fully saturated rings. The van der Waals surface area contributed by atoms with Crippen molar-refractivity contribution in [2.24, 2.45) is 7.05 Å². The summed E-state index contributed by atoms with van der Waals surface area (Å²) in [4.78, 5) is 25.9. The molecule has 0 radical (unpaired) electrons. The lowest BCUT2D eigenvalue weighted by atomic mass is 9.89. The highest BCUT2D eigenvalue weighted by Gasteiger charge is 2.28. The van der Waals surface area contributed by atoms with E-state index in [0.717, 1.165) is 36.3 Å². The first-order valence-corrected chi connectivity index (χ1v) is 8.51. The van der Waals surface area contributed by atoms with Gasteiger partial charge in [0.15, 0.2) is 0 Å². The van der Waals surface area contributed by atoms with Crippen molar-refractivity contribution in [2.75, 3.05) is 13.1 Å². The Morgan fingerprint density at radius 1 is 1.20 bits per heavy atom. The largest absolute Gasteiger partial charge is 0.478 e. The van der Waals surface area contributed by atoms with Crippen molar-refractivity contribution in [2.45, 2.75) is 32.6 Å². The van der Waals surface area contributed by atoms with Crippen molar-refractivity contribution < 1.29 is 14.7 Å². The van der Waals surface area contributed by atoms with Gasteiger partial charge in [0.1, 0.15) is 0 Å². The van der Waals surface area contributed by atoms with Crippen LogP contribution in [-0.4, -0.2) is 44.8 Å². The second-order valence-corrected chi connectivity index (χ2v) is 6.69. The van der Waals surface area contributed by atoms with E-state index in [4.69, 9.17) is 5.11 Å². The van der Waals surface area contributed by atoms with Gasteiger partial charge < -0.3 is 10.0 Å². The van der Waals surface area contributed by atoms with Crippen LogP contribution in [0.25, 0.3) is 0 Å². The number of rotatable bonds is 3. The summed E-state index contributed by atoms with van der Waals surface area (Å²) in [6, 6.07) is 6.99. The molecular formula is C19H23N3O3. The molecule has 2 aromatic rings. The second-order valence-electron chi connectivity index (χ2n) is 6.69. The normalized spacial score (nSPS) is 17.6. The van der Waals surface area contributed by atoms with Gasteiger partial charge in [-0.3, -0.25) is 9.48 Å². The number of hydrogen-bond acceptors (Lipinski definition) is 3.